The highest BCUT2D eigenvalue weighted by molar-refractivity contribution is 6.39. The van der Waals surface area contributed by atoms with Crippen LogP contribution < -0.4 is 10.6 Å². The van der Waals surface area contributed by atoms with Gasteiger partial charge in [-0.25, -0.2) is 0 Å². The number of aromatic nitrogens is 2. The summed E-state index contributed by atoms with van der Waals surface area (Å²) in [6, 6.07) is 9.56. The van der Waals surface area contributed by atoms with Crippen LogP contribution in [0.15, 0.2) is 41.1 Å². The van der Waals surface area contributed by atoms with Gasteiger partial charge in [0, 0.05) is 36.8 Å². The van der Waals surface area contributed by atoms with Gasteiger partial charge in [0.2, 0.25) is 0 Å². The Hall–Kier alpha value is -3.13. The molecule has 0 aliphatic carbocycles. The molecule has 0 aliphatic heterocycles. The highest BCUT2D eigenvalue weighted by atomic mass is 16.5. The van der Waals surface area contributed by atoms with E-state index in [1.807, 2.05) is 38.2 Å². The number of carbonyl (C=O) groups excluding carboxylic acids is 2. The number of amides is 2. The van der Waals surface area contributed by atoms with E-state index in [-0.39, 0.29) is 11.9 Å². The first-order valence-corrected chi connectivity index (χ1v) is 8.59. The Balaban J connectivity index is 1.71. The van der Waals surface area contributed by atoms with Crippen molar-refractivity contribution in [1.29, 1.82) is 0 Å². The van der Waals surface area contributed by atoms with Crippen molar-refractivity contribution in [3.8, 4) is 0 Å². The van der Waals surface area contributed by atoms with Gasteiger partial charge in [-0.2, -0.15) is 0 Å². The van der Waals surface area contributed by atoms with Gasteiger partial charge in [0.1, 0.15) is 5.76 Å². The maximum Gasteiger partial charge on any atom is 0.314 e. The third kappa shape index (κ3) is 4.01. The topological polar surface area (TPSA) is 92.4 Å². The van der Waals surface area contributed by atoms with E-state index in [4.69, 9.17) is 4.52 Å². The molecule has 1 aromatic carbocycles. The normalized spacial score (nSPS) is 12.3. The molecule has 0 unspecified atom stereocenters. The third-order valence-electron chi connectivity index (χ3n) is 4.44. The minimum absolute atomic E-state index is 0.0813. The van der Waals surface area contributed by atoms with Crippen LogP contribution in [0.4, 0.5) is 5.82 Å². The Kier molecular flexibility index (Phi) is 5.27. The lowest BCUT2D eigenvalue weighted by Crippen LogP contribution is -2.40. The molecule has 0 spiro atoms. The average Bonchev–Trinajstić information content (AvgIpc) is 3.18. The first-order valence-electron chi connectivity index (χ1n) is 8.59. The molecule has 0 radical (unpaired) electrons. The minimum Gasteiger partial charge on any atom is -0.360 e. The van der Waals surface area contributed by atoms with E-state index in [0.29, 0.717) is 12.3 Å². The summed E-state index contributed by atoms with van der Waals surface area (Å²) in [7, 11) is 5.87. The molecule has 0 aliphatic rings. The van der Waals surface area contributed by atoms with Crippen LogP contribution in [-0.4, -0.2) is 47.1 Å². The fraction of sp³-hybridized carbons (Fsp3) is 0.316. The SMILES string of the molecule is Cc1cc(NC(=O)C(=O)NC[C@H](c2cn(C)c3ccccc23)N(C)C)no1. The van der Waals surface area contributed by atoms with Gasteiger partial charge >= 0.3 is 11.8 Å². The molecule has 0 saturated heterocycles. The molecule has 0 saturated carbocycles. The number of likely N-dealkylation sites (N-methyl/N-ethyl adjacent to an activating group) is 1. The van der Waals surface area contributed by atoms with E-state index in [9.17, 15) is 9.59 Å². The van der Waals surface area contributed by atoms with Gasteiger partial charge in [-0.05, 0) is 32.6 Å². The van der Waals surface area contributed by atoms with Crippen molar-refractivity contribution in [2.45, 2.75) is 13.0 Å². The molecule has 3 aromatic rings. The molecule has 2 aromatic heterocycles. The summed E-state index contributed by atoms with van der Waals surface area (Å²) in [6.07, 6.45) is 2.06. The van der Waals surface area contributed by atoms with Crippen LogP contribution in [0.1, 0.15) is 17.4 Å². The van der Waals surface area contributed by atoms with E-state index in [0.717, 1.165) is 16.5 Å². The fourth-order valence-corrected chi connectivity index (χ4v) is 3.08. The molecule has 2 N–H and O–H groups in total. The summed E-state index contributed by atoms with van der Waals surface area (Å²) in [5.41, 5.74) is 2.20. The maximum atomic E-state index is 12.2. The van der Waals surface area contributed by atoms with Crippen molar-refractivity contribution in [3.63, 3.8) is 0 Å². The predicted molar refractivity (Wildman–Crippen MR) is 102 cm³/mol. The van der Waals surface area contributed by atoms with E-state index in [2.05, 4.69) is 38.7 Å². The van der Waals surface area contributed by atoms with Crippen LogP contribution in [-0.2, 0) is 16.6 Å². The predicted octanol–water partition coefficient (Wildman–Crippen LogP) is 1.83. The summed E-state index contributed by atoms with van der Waals surface area (Å²) in [5.74, 6) is -0.735. The van der Waals surface area contributed by atoms with Crippen molar-refractivity contribution in [3.05, 3.63) is 47.9 Å². The number of nitrogens with zero attached hydrogens (tertiary/aromatic N) is 3. The smallest absolute Gasteiger partial charge is 0.314 e. The van der Waals surface area contributed by atoms with E-state index in [1.54, 1.807) is 13.0 Å². The molecule has 1 atom stereocenters. The van der Waals surface area contributed by atoms with Crippen molar-refractivity contribution < 1.29 is 14.1 Å². The summed E-state index contributed by atoms with van der Waals surface area (Å²) in [4.78, 5) is 26.2. The molecule has 0 fully saturated rings. The number of hydrogen-bond donors (Lipinski definition) is 2. The first kappa shape index (κ1) is 18.7. The first-order chi connectivity index (χ1) is 12.9. The van der Waals surface area contributed by atoms with Crippen molar-refractivity contribution in [2.75, 3.05) is 26.0 Å². The summed E-state index contributed by atoms with van der Waals surface area (Å²) >= 11 is 0. The van der Waals surface area contributed by atoms with Crippen LogP contribution in [0.3, 0.4) is 0 Å². The molecule has 142 valence electrons. The number of fused-ring (bicyclic) bond motifs is 1. The van der Waals surface area contributed by atoms with Gasteiger partial charge in [0.15, 0.2) is 5.82 Å². The molecule has 0 bridgehead atoms. The third-order valence-corrected chi connectivity index (χ3v) is 4.44. The molecular formula is C19H23N5O3. The Morgan fingerprint density at radius 1 is 1.26 bits per heavy atom. The lowest BCUT2D eigenvalue weighted by Gasteiger charge is -2.24. The molecule has 27 heavy (non-hydrogen) atoms. The van der Waals surface area contributed by atoms with E-state index in [1.165, 1.54) is 0 Å². The number of benzene rings is 1. The molecule has 3 rings (SSSR count). The van der Waals surface area contributed by atoms with Crippen LogP contribution in [0.25, 0.3) is 10.9 Å². The zero-order valence-corrected chi connectivity index (χ0v) is 15.8. The van der Waals surface area contributed by atoms with E-state index >= 15 is 0 Å². The van der Waals surface area contributed by atoms with Crippen LogP contribution >= 0.6 is 0 Å². The Bertz CT molecular complexity index is 973. The highest BCUT2D eigenvalue weighted by Crippen LogP contribution is 2.28. The molecule has 8 nitrogen and oxygen atoms in total. The summed E-state index contributed by atoms with van der Waals surface area (Å²) < 4.78 is 6.93. The van der Waals surface area contributed by atoms with E-state index < -0.39 is 11.8 Å². The van der Waals surface area contributed by atoms with Gasteiger partial charge in [-0.3, -0.25) is 14.9 Å². The number of para-hydroxylation sites is 1. The van der Waals surface area contributed by atoms with Crippen molar-refractivity contribution >= 4 is 28.5 Å². The average molecular weight is 369 g/mol. The second-order valence-corrected chi connectivity index (χ2v) is 6.68. The lowest BCUT2D eigenvalue weighted by atomic mass is 10.0. The van der Waals surface area contributed by atoms with Gasteiger partial charge < -0.3 is 19.3 Å². The van der Waals surface area contributed by atoms with Gasteiger partial charge in [-0.15, -0.1) is 0 Å². The van der Waals surface area contributed by atoms with Gasteiger partial charge in [0.05, 0.1) is 6.04 Å². The molecule has 2 heterocycles. The number of nitrogens with one attached hydrogen (secondary N) is 2. The standard InChI is InChI=1S/C19H23N5O3/c1-12-9-17(22-27-12)21-19(26)18(25)20-10-16(23(2)3)14-11-24(4)15-8-6-5-7-13(14)15/h5-9,11,16H,10H2,1-4H3,(H,20,25)(H,21,22,26)/t16-/m1/s1. The Morgan fingerprint density at radius 3 is 2.67 bits per heavy atom. The second-order valence-electron chi connectivity index (χ2n) is 6.68. The highest BCUT2D eigenvalue weighted by Gasteiger charge is 2.22. The molecule has 2 amide bonds. The number of aryl methyl sites for hydroxylation is 2. The Labute approximate surface area is 157 Å². The zero-order valence-electron chi connectivity index (χ0n) is 15.8. The minimum atomic E-state index is -0.779. The Morgan fingerprint density at radius 2 is 2.00 bits per heavy atom. The van der Waals surface area contributed by atoms with Crippen molar-refractivity contribution in [2.24, 2.45) is 7.05 Å². The maximum absolute atomic E-state index is 12.2. The zero-order chi connectivity index (χ0) is 19.6. The van der Waals surface area contributed by atoms with Crippen LogP contribution in [0.2, 0.25) is 0 Å². The second kappa shape index (κ2) is 7.63. The number of hydrogen-bond acceptors (Lipinski definition) is 5. The monoisotopic (exact) mass is 369 g/mol. The van der Waals surface area contributed by atoms with Gasteiger partial charge in [0.25, 0.3) is 0 Å². The van der Waals surface area contributed by atoms with Crippen molar-refractivity contribution in [1.82, 2.24) is 19.9 Å². The lowest BCUT2D eigenvalue weighted by molar-refractivity contribution is -0.136. The quantitative estimate of drug-likeness (QED) is 0.670. The number of anilines is 1. The fourth-order valence-electron chi connectivity index (χ4n) is 3.08. The van der Waals surface area contributed by atoms with Gasteiger partial charge in [-0.1, -0.05) is 23.4 Å². The summed E-state index contributed by atoms with van der Waals surface area (Å²) in [5, 5.41) is 9.89. The van der Waals surface area contributed by atoms with Crippen LogP contribution in [0, 0.1) is 6.92 Å². The summed E-state index contributed by atoms with van der Waals surface area (Å²) in [6.45, 7) is 2.00. The molecule has 8 heteroatoms. The molecular weight excluding hydrogens is 346 g/mol. The number of carbonyl (C=O) groups is 2. The van der Waals surface area contributed by atoms with Crippen LogP contribution in [0.5, 0.6) is 0 Å². The largest absolute Gasteiger partial charge is 0.360 e. The number of rotatable bonds is 5.